The fourth-order valence-electron chi connectivity index (χ4n) is 4.55. The molecule has 0 aromatic heterocycles. The number of carbonyl (C=O) groups is 1. The lowest BCUT2D eigenvalue weighted by atomic mass is 9.66. The molecule has 3 rings (SSSR count). The van der Waals surface area contributed by atoms with Gasteiger partial charge >= 0.3 is 0 Å². The Morgan fingerprint density at radius 1 is 1.38 bits per heavy atom. The zero-order valence-electron chi connectivity index (χ0n) is 14.4. The molecule has 1 aromatic carbocycles. The molecule has 2 fully saturated rings. The highest BCUT2D eigenvalue weighted by atomic mass is 16.5. The van der Waals surface area contributed by atoms with Crippen LogP contribution in [0.15, 0.2) is 24.3 Å². The van der Waals surface area contributed by atoms with E-state index in [1.165, 1.54) is 0 Å². The van der Waals surface area contributed by atoms with Crippen molar-refractivity contribution in [3.05, 3.63) is 29.8 Å². The van der Waals surface area contributed by atoms with Crippen LogP contribution in [0.2, 0.25) is 0 Å². The Morgan fingerprint density at radius 3 is 2.92 bits per heavy atom. The minimum absolute atomic E-state index is 0.0284. The van der Waals surface area contributed by atoms with Crippen LogP contribution in [0.4, 0.5) is 0 Å². The number of nitrogens with two attached hydrogens (primary N) is 1. The Labute approximate surface area is 143 Å². The summed E-state index contributed by atoms with van der Waals surface area (Å²) >= 11 is 0. The SMILES string of the molecule is CCOc1ccccc1C1C2CCCCC2(O)CCN1CC(N)=O. The van der Waals surface area contributed by atoms with Crippen LogP contribution in [0, 0.1) is 5.92 Å². The van der Waals surface area contributed by atoms with Gasteiger partial charge in [-0.2, -0.15) is 0 Å². The van der Waals surface area contributed by atoms with Gasteiger partial charge in [-0.05, 0) is 32.3 Å². The number of hydrogen-bond acceptors (Lipinski definition) is 4. The number of likely N-dealkylation sites (tertiary alicyclic amines) is 1. The van der Waals surface area contributed by atoms with Crippen molar-refractivity contribution in [3.63, 3.8) is 0 Å². The molecule has 0 bridgehead atoms. The van der Waals surface area contributed by atoms with E-state index in [0.29, 0.717) is 19.6 Å². The fraction of sp³-hybridized carbons (Fsp3) is 0.632. The standard InChI is InChI=1S/C19H28N2O3/c1-2-24-16-9-4-3-7-14(16)18-15-8-5-6-10-19(15,23)11-12-21(18)13-17(20)22/h3-4,7,9,15,18,23H,2,5-6,8,10-13H2,1H3,(H2,20,22). The van der Waals surface area contributed by atoms with E-state index < -0.39 is 5.60 Å². The largest absolute Gasteiger partial charge is 0.494 e. The van der Waals surface area contributed by atoms with Gasteiger partial charge in [-0.15, -0.1) is 0 Å². The van der Waals surface area contributed by atoms with Gasteiger partial charge in [0.25, 0.3) is 0 Å². The first-order chi connectivity index (χ1) is 11.5. The van der Waals surface area contributed by atoms with Crippen LogP contribution < -0.4 is 10.5 Å². The van der Waals surface area contributed by atoms with Crippen LogP contribution in [-0.4, -0.2) is 41.2 Å². The highest BCUT2D eigenvalue weighted by Crippen LogP contribution is 2.50. The Kier molecular flexibility index (Phi) is 5.11. The monoisotopic (exact) mass is 332 g/mol. The molecule has 1 heterocycles. The summed E-state index contributed by atoms with van der Waals surface area (Å²) in [6, 6.07) is 7.96. The molecule has 2 aliphatic rings. The lowest BCUT2D eigenvalue weighted by molar-refractivity contribution is -0.136. The predicted octanol–water partition coefficient (Wildman–Crippen LogP) is 2.24. The number of aliphatic hydroxyl groups is 1. The number of benzene rings is 1. The minimum atomic E-state index is -0.642. The molecule has 0 spiro atoms. The van der Waals surface area contributed by atoms with Crippen molar-refractivity contribution in [2.45, 2.75) is 50.7 Å². The maximum atomic E-state index is 11.6. The van der Waals surface area contributed by atoms with Gasteiger partial charge in [0.05, 0.1) is 18.8 Å². The average Bonchev–Trinajstić information content (AvgIpc) is 2.55. The number of fused-ring (bicyclic) bond motifs is 1. The van der Waals surface area contributed by atoms with Crippen LogP contribution >= 0.6 is 0 Å². The number of nitrogens with zero attached hydrogens (tertiary/aromatic N) is 1. The normalized spacial score (nSPS) is 30.6. The van der Waals surface area contributed by atoms with E-state index in [-0.39, 0.29) is 24.4 Å². The predicted molar refractivity (Wildman–Crippen MR) is 92.6 cm³/mol. The third kappa shape index (κ3) is 3.28. The summed E-state index contributed by atoms with van der Waals surface area (Å²) in [5.41, 5.74) is 5.91. The molecule has 3 unspecified atom stereocenters. The van der Waals surface area contributed by atoms with Gasteiger partial charge in [-0.1, -0.05) is 31.0 Å². The Hall–Kier alpha value is -1.59. The first-order valence-electron chi connectivity index (χ1n) is 9.01. The number of para-hydroxylation sites is 1. The van der Waals surface area contributed by atoms with Gasteiger partial charge in [0.2, 0.25) is 5.91 Å². The third-order valence-corrected chi connectivity index (χ3v) is 5.57. The van der Waals surface area contributed by atoms with Gasteiger partial charge in [-0.3, -0.25) is 9.69 Å². The molecule has 1 aliphatic carbocycles. The highest BCUT2D eigenvalue weighted by molar-refractivity contribution is 5.76. The van der Waals surface area contributed by atoms with Gasteiger partial charge in [-0.25, -0.2) is 0 Å². The summed E-state index contributed by atoms with van der Waals surface area (Å²) in [6.07, 6.45) is 4.71. The van der Waals surface area contributed by atoms with Crippen LogP contribution in [0.5, 0.6) is 5.75 Å². The number of piperidine rings is 1. The van der Waals surface area contributed by atoms with Crippen molar-refractivity contribution in [2.24, 2.45) is 11.7 Å². The lowest BCUT2D eigenvalue weighted by Gasteiger charge is -2.52. The van der Waals surface area contributed by atoms with Crippen LogP contribution in [0.1, 0.15) is 50.6 Å². The smallest absolute Gasteiger partial charge is 0.231 e. The molecule has 132 valence electrons. The van der Waals surface area contributed by atoms with Crippen LogP contribution in [0.3, 0.4) is 0 Å². The van der Waals surface area contributed by atoms with E-state index in [4.69, 9.17) is 10.5 Å². The van der Waals surface area contributed by atoms with Crippen LogP contribution in [0.25, 0.3) is 0 Å². The van der Waals surface area contributed by atoms with Crippen molar-refractivity contribution in [1.82, 2.24) is 4.90 Å². The van der Waals surface area contributed by atoms with Crippen molar-refractivity contribution in [1.29, 1.82) is 0 Å². The highest BCUT2D eigenvalue weighted by Gasteiger charge is 2.49. The summed E-state index contributed by atoms with van der Waals surface area (Å²) in [4.78, 5) is 13.7. The number of primary amides is 1. The van der Waals surface area contributed by atoms with E-state index in [9.17, 15) is 9.90 Å². The van der Waals surface area contributed by atoms with E-state index in [1.54, 1.807) is 0 Å². The Bertz CT molecular complexity index is 592. The maximum absolute atomic E-state index is 11.6. The summed E-state index contributed by atoms with van der Waals surface area (Å²) in [6.45, 7) is 3.46. The second-order valence-corrected chi connectivity index (χ2v) is 7.06. The molecule has 5 heteroatoms. The Balaban J connectivity index is 2.01. The van der Waals surface area contributed by atoms with Crippen molar-refractivity contribution >= 4 is 5.91 Å². The van der Waals surface area contributed by atoms with E-state index in [0.717, 1.165) is 37.0 Å². The topological polar surface area (TPSA) is 75.8 Å². The summed E-state index contributed by atoms with van der Waals surface area (Å²) in [5, 5.41) is 11.2. The van der Waals surface area contributed by atoms with E-state index in [1.807, 2.05) is 25.1 Å². The van der Waals surface area contributed by atoms with Gasteiger partial charge in [0.15, 0.2) is 0 Å². The molecular weight excluding hydrogens is 304 g/mol. The average molecular weight is 332 g/mol. The zero-order valence-corrected chi connectivity index (χ0v) is 14.4. The fourth-order valence-corrected chi connectivity index (χ4v) is 4.55. The van der Waals surface area contributed by atoms with Gasteiger partial charge < -0.3 is 15.6 Å². The van der Waals surface area contributed by atoms with Gasteiger partial charge in [0, 0.05) is 24.1 Å². The van der Waals surface area contributed by atoms with Crippen LogP contribution in [-0.2, 0) is 4.79 Å². The summed E-state index contributed by atoms with van der Waals surface area (Å²) in [5.74, 6) is 0.630. The first kappa shape index (κ1) is 17.2. The van der Waals surface area contributed by atoms with Crippen molar-refractivity contribution < 1.29 is 14.6 Å². The summed E-state index contributed by atoms with van der Waals surface area (Å²) in [7, 11) is 0. The maximum Gasteiger partial charge on any atom is 0.231 e. The molecule has 3 N–H and O–H groups in total. The van der Waals surface area contributed by atoms with E-state index in [2.05, 4.69) is 11.0 Å². The van der Waals surface area contributed by atoms with Gasteiger partial charge in [0.1, 0.15) is 5.75 Å². The lowest BCUT2D eigenvalue weighted by Crippen LogP contribution is -2.56. The van der Waals surface area contributed by atoms with Crippen molar-refractivity contribution in [2.75, 3.05) is 19.7 Å². The first-order valence-corrected chi connectivity index (χ1v) is 9.01. The molecule has 24 heavy (non-hydrogen) atoms. The molecule has 5 nitrogen and oxygen atoms in total. The number of carbonyl (C=O) groups excluding carboxylic acids is 1. The van der Waals surface area contributed by atoms with Crippen molar-refractivity contribution in [3.8, 4) is 5.75 Å². The number of ether oxygens (including phenoxy) is 1. The summed E-state index contributed by atoms with van der Waals surface area (Å²) < 4.78 is 5.83. The Morgan fingerprint density at radius 2 is 2.17 bits per heavy atom. The minimum Gasteiger partial charge on any atom is -0.494 e. The molecule has 0 radical (unpaired) electrons. The molecule has 1 amide bonds. The quantitative estimate of drug-likeness (QED) is 0.867. The number of amides is 1. The van der Waals surface area contributed by atoms with E-state index >= 15 is 0 Å². The molecule has 1 aromatic rings. The molecule has 1 saturated heterocycles. The second-order valence-electron chi connectivity index (χ2n) is 7.06. The number of hydrogen-bond donors (Lipinski definition) is 2. The molecule has 3 atom stereocenters. The number of rotatable bonds is 5. The zero-order chi connectivity index (χ0) is 17.2. The molecule has 1 saturated carbocycles. The molecule has 1 aliphatic heterocycles. The molecular formula is C19H28N2O3. The third-order valence-electron chi connectivity index (χ3n) is 5.57. The second kappa shape index (κ2) is 7.11.